The first-order valence-electron chi connectivity index (χ1n) is 7.44. The molecule has 1 saturated heterocycles. The number of halogens is 3. The second kappa shape index (κ2) is 6.59. The van der Waals surface area contributed by atoms with E-state index in [1.165, 1.54) is 16.8 Å². The van der Waals surface area contributed by atoms with Gasteiger partial charge in [0, 0.05) is 36.9 Å². The standard InChI is InChI=1S/C17H15F3N3O/c18-17(19,20)13-2-1-6-23(11-13)14-3-4-15(12(8-14)9-21)16-10-22-5-7-24-16/h1-4,6,8,11,16,22H,5,7,10H2/q+1/t16-/m0/s1. The minimum absolute atomic E-state index is 0.228. The molecule has 124 valence electrons. The van der Waals surface area contributed by atoms with Gasteiger partial charge in [-0.3, -0.25) is 0 Å². The van der Waals surface area contributed by atoms with Crippen molar-refractivity contribution in [1.82, 2.24) is 5.32 Å². The molecule has 0 bridgehead atoms. The lowest BCUT2D eigenvalue weighted by molar-refractivity contribution is -0.597. The van der Waals surface area contributed by atoms with E-state index in [9.17, 15) is 18.4 Å². The SMILES string of the molecule is N#Cc1cc(-[n+]2cccc(C(F)(F)F)c2)ccc1[C@@H]1CNCCO1. The predicted octanol–water partition coefficient (Wildman–Crippen LogP) is 2.51. The normalized spacial score (nSPS) is 18.2. The highest BCUT2D eigenvalue weighted by molar-refractivity contribution is 5.44. The minimum Gasteiger partial charge on any atom is -0.371 e. The summed E-state index contributed by atoms with van der Waals surface area (Å²) in [6.45, 7) is 1.92. The summed E-state index contributed by atoms with van der Waals surface area (Å²) in [5.41, 5.74) is 0.879. The Bertz CT molecular complexity index is 777. The quantitative estimate of drug-likeness (QED) is 0.859. The average Bonchev–Trinajstić information content (AvgIpc) is 2.61. The van der Waals surface area contributed by atoms with E-state index in [0.29, 0.717) is 24.4 Å². The molecule has 2 heterocycles. The molecule has 1 aliphatic heterocycles. The number of rotatable bonds is 2. The fraction of sp³-hybridized carbons (Fsp3) is 0.294. The molecular weight excluding hydrogens is 319 g/mol. The van der Waals surface area contributed by atoms with Crippen molar-refractivity contribution in [2.24, 2.45) is 0 Å². The molecule has 4 nitrogen and oxygen atoms in total. The van der Waals surface area contributed by atoms with Gasteiger partial charge in [0.1, 0.15) is 5.56 Å². The third kappa shape index (κ3) is 3.40. The van der Waals surface area contributed by atoms with Crippen molar-refractivity contribution in [3.05, 3.63) is 59.4 Å². The number of benzene rings is 1. The van der Waals surface area contributed by atoms with Gasteiger partial charge in [-0.15, -0.1) is 0 Å². The number of pyridine rings is 1. The van der Waals surface area contributed by atoms with E-state index in [-0.39, 0.29) is 6.10 Å². The zero-order chi connectivity index (χ0) is 17.2. The number of nitrogens with zero attached hydrogens (tertiary/aromatic N) is 2. The Morgan fingerprint density at radius 3 is 2.79 bits per heavy atom. The number of nitrogens with one attached hydrogen (secondary N) is 1. The van der Waals surface area contributed by atoms with Crippen LogP contribution in [-0.4, -0.2) is 19.7 Å². The Labute approximate surface area is 137 Å². The maximum atomic E-state index is 12.8. The van der Waals surface area contributed by atoms with Crippen molar-refractivity contribution >= 4 is 0 Å². The summed E-state index contributed by atoms with van der Waals surface area (Å²) in [6.07, 6.45) is -2.12. The first kappa shape index (κ1) is 16.4. The molecule has 0 unspecified atom stereocenters. The van der Waals surface area contributed by atoms with E-state index < -0.39 is 11.7 Å². The van der Waals surface area contributed by atoms with Crippen LogP contribution in [0.2, 0.25) is 0 Å². The number of morpholine rings is 1. The highest BCUT2D eigenvalue weighted by atomic mass is 19.4. The van der Waals surface area contributed by atoms with Crippen LogP contribution in [0.4, 0.5) is 13.2 Å². The Hall–Kier alpha value is -2.43. The maximum Gasteiger partial charge on any atom is 0.422 e. The van der Waals surface area contributed by atoms with Crippen LogP contribution in [0.1, 0.15) is 22.8 Å². The second-order valence-electron chi connectivity index (χ2n) is 5.44. The van der Waals surface area contributed by atoms with E-state index in [2.05, 4.69) is 11.4 Å². The zero-order valence-electron chi connectivity index (χ0n) is 12.7. The first-order chi connectivity index (χ1) is 11.5. The van der Waals surface area contributed by atoms with Gasteiger partial charge in [0.05, 0.1) is 24.3 Å². The van der Waals surface area contributed by atoms with Crippen molar-refractivity contribution in [3.63, 3.8) is 0 Å². The molecule has 1 aliphatic rings. The van der Waals surface area contributed by atoms with Crippen LogP contribution in [0, 0.1) is 11.3 Å². The molecule has 1 aromatic heterocycles. The molecule has 1 fully saturated rings. The molecule has 3 rings (SSSR count). The molecular formula is C17H15F3N3O+. The van der Waals surface area contributed by atoms with Gasteiger partial charge in [0.2, 0.25) is 5.69 Å². The van der Waals surface area contributed by atoms with Gasteiger partial charge < -0.3 is 10.1 Å². The fourth-order valence-corrected chi connectivity index (χ4v) is 2.65. The lowest BCUT2D eigenvalue weighted by atomic mass is 10.0. The number of nitriles is 1. The molecule has 1 atom stereocenters. The number of alkyl halides is 3. The van der Waals surface area contributed by atoms with E-state index in [0.717, 1.165) is 24.4 Å². The van der Waals surface area contributed by atoms with Crippen molar-refractivity contribution in [2.45, 2.75) is 12.3 Å². The van der Waals surface area contributed by atoms with Gasteiger partial charge >= 0.3 is 6.18 Å². The summed E-state index contributed by atoms with van der Waals surface area (Å²) in [5, 5.41) is 12.6. The van der Waals surface area contributed by atoms with Crippen molar-refractivity contribution in [3.8, 4) is 11.8 Å². The van der Waals surface area contributed by atoms with E-state index in [1.54, 1.807) is 18.2 Å². The number of hydrogen-bond acceptors (Lipinski definition) is 3. The highest BCUT2D eigenvalue weighted by Gasteiger charge is 2.33. The predicted molar refractivity (Wildman–Crippen MR) is 79.3 cm³/mol. The molecule has 1 N–H and O–H groups in total. The molecule has 0 saturated carbocycles. The van der Waals surface area contributed by atoms with Gasteiger partial charge in [-0.1, -0.05) is 0 Å². The Morgan fingerprint density at radius 2 is 2.12 bits per heavy atom. The molecule has 0 radical (unpaired) electrons. The van der Waals surface area contributed by atoms with Crippen molar-refractivity contribution < 1.29 is 22.5 Å². The molecule has 0 amide bonds. The lowest BCUT2D eigenvalue weighted by Crippen LogP contribution is -2.34. The number of ether oxygens (including phenoxy) is 1. The Kier molecular flexibility index (Phi) is 4.51. The van der Waals surface area contributed by atoms with E-state index in [4.69, 9.17) is 4.74 Å². The van der Waals surface area contributed by atoms with Crippen molar-refractivity contribution in [1.29, 1.82) is 5.26 Å². The summed E-state index contributed by atoms with van der Waals surface area (Å²) in [5.74, 6) is 0. The van der Waals surface area contributed by atoms with Crippen LogP contribution in [0.25, 0.3) is 5.69 Å². The van der Waals surface area contributed by atoms with Crippen LogP contribution in [-0.2, 0) is 10.9 Å². The van der Waals surface area contributed by atoms with Crippen LogP contribution in [0.3, 0.4) is 0 Å². The molecule has 1 aromatic carbocycles. The van der Waals surface area contributed by atoms with Gasteiger partial charge in [0.25, 0.3) is 0 Å². The van der Waals surface area contributed by atoms with Gasteiger partial charge in [-0.05, 0) is 12.1 Å². The molecule has 7 heteroatoms. The van der Waals surface area contributed by atoms with Crippen LogP contribution >= 0.6 is 0 Å². The average molecular weight is 334 g/mol. The summed E-state index contributed by atoms with van der Waals surface area (Å²) in [4.78, 5) is 0. The first-order valence-corrected chi connectivity index (χ1v) is 7.44. The minimum atomic E-state index is -4.41. The van der Waals surface area contributed by atoms with Crippen LogP contribution in [0.15, 0.2) is 42.7 Å². The summed E-state index contributed by atoms with van der Waals surface area (Å²) in [6, 6.07) is 9.45. The van der Waals surface area contributed by atoms with Gasteiger partial charge in [-0.2, -0.15) is 23.0 Å². The molecule has 0 spiro atoms. The fourth-order valence-electron chi connectivity index (χ4n) is 2.65. The van der Waals surface area contributed by atoms with E-state index >= 15 is 0 Å². The van der Waals surface area contributed by atoms with Crippen molar-refractivity contribution in [2.75, 3.05) is 19.7 Å². The summed E-state index contributed by atoms with van der Waals surface area (Å²) in [7, 11) is 0. The van der Waals surface area contributed by atoms with Crippen LogP contribution < -0.4 is 9.88 Å². The number of hydrogen-bond donors (Lipinski definition) is 1. The lowest BCUT2D eigenvalue weighted by Gasteiger charge is -2.24. The third-order valence-electron chi connectivity index (χ3n) is 3.86. The van der Waals surface area contributed by atoms with Gasteiger partial charge in [0.15, 0.2) is 12.4 Å². The van der Waals surface area contributed by atoms with E-state index in [1.807, 2.05) is 0 Å². The maximum absolute atomic E-state index is 12.8. The Balaban J connectivity index is 1.97. The smallest absolute Gasteiger partial charge is 0.371 e. The molecule has 0 aliphatic carbocycles. The summed E-state index contributed by atoms with van der Waals surface area (Å²) < 4.78 is 45.5. The zero-order valence-corrected chi connectivity index (χ0v) is 12.7. The number of aromatic nitrogens is 1. The monoisotopic (exact) mass is 334 g/mol. The molecule has 24 heavy (non-hydrogen) atoms. The third-order valence-corrected chi connectivity index (χ3v) is 3.86. The molecule has 2 aromatic rings. The highest BCUT2D eigenvalue weighted by Crippen LogP contribution is 2.28. The summed E-state index contributed by atoms with van der Waals surface area (Å²) >= 11 is 0. The van der Waals surface area contributed by atoms with Gasteiger partial charge in [-0.25, -0.2) is 0 Å². The topological polar surface area (TPSA) is 48.9 Å². The van der Waals surface area contributed by atoms with Crippen LogP contribution in [0.5, 0.6) is 0 Å². The Morgan fingerprint density at radius 1 is 1.29 bits per heavy atom. The largest absolute Gasteiger partial charge is 0.422 e. The second-order valence-corrected chi connectivity index (χ2v) is 5.44.